The Morgan fingerprint density at radius 2 is 2.00 bits per heavy atom. The zero-order valence-electron chi connectivity index (χ0n) is 11.0. The maximum atomic E-state index is 11.3. The van der Waals surface area contributed by atoms with Crippen molar-refractivity contribution in [3.05, 3.63) is 29.8 Å². The molecule has 0 radical (unpaired) electrons. The van der Waals surface area contributed by atoms with E-state index in [2.05, 4.69) is 10.1 Å². The summed E-state index contributed by atoms with van der Waals surface area (Å²) in [7, 11) is 0. The molecule has 0 unspecified atom stereocenters. The number of carbonyl (C=O) groups excluding carboxylic acids is 3. The minimum absolute atomic E-state index is 0.295. The molecule has 1 aromatic rings. The van der Waals surface area contributed by atoms with Gasteiger partial charge in [0.1, 0.15) is 5.75 Å². The van der Waals surface area contributed by atoms with Crippen molar-refractivity contribution in [2.45, 2.75) is 6.92 Å². The molecule has 0 aliphatic carbocycles. The second-order valence-electron chi connectivity index (χ2n) is 4.01. The summed E-state index contributed by atoms with van der Waals surface area (Å²) in [5, 5.41) is 2.19. The third kappa shape index (κ3) is 6.39. The lowest BCUT2D eigenvalue weighted by atomic mass is 10.2. The van der Waals surface area contributed by atoms with E-state index in [-0.39, 0.29) is 13.2 Å². The lowest BCUT2D eigenvalue weighted by Crippen LogP contribution is -2.36. The highest BCUT2D eigenvalue weighted by Gasteiger charge is 2.08. The van der Waals surface area contributed by atoms with Gasteiger partial charge in [-0.2, -0.15) is 0 Å². The van der Waals surface area contributed by atoms with E-state index in [1.807, 2.05) is 13.0 Å². The molecular formula is C13H16N2O5. The number of hydrogen-bond acceptors (Lipinski definition) is 5. The summed E-state index contributed by atoms with van der Waals surface area (Å²) in [5.41, 5.74) is 5.84. The highest BCUT2D eigenvalue weighted by molar-refractivity contribution is 5.85. The lowest BCUT2D eigenvalue weighted by molar-refractivity contribution is -0.150. The van der Waals surface area contributed by atoms with Crippen LogP contribution in [0.2, 0.25) is 0 Å². The van der Waals surface area contributed by atoms with Crippen molar-refractivity contribution in [2.24, 2.45) is 5.73 Å². The van der Waals surface area contributed by atoms with Gasteiger partial charge in [0.25, 0.3) is 5.91 Å². The standard InChI is InChI=1S/C13H16N2O5/c1-9-3-2-4-10(5-9)19-8-13(18)20-7-12(17)15-6-11(14)16/h2-5H,6-8H2,1H3,(H2,14,16)(H,15,17). The number of benzene rings is 1. The van der Waals surface area contributed by atoms with Crippen molar-refractivity contribution in [1.29, 1.82) is 0 Å². The van der Waals surface area contributed by atoms with E-state index in [4.69, 9.17) is 10.5 Å². The molecule has 0 saturated carbocycles. The van der Waals surface area contributed by atoms with Crippen molar-refractivity contribution in [3.63, 3.8) is 0 Å². The van der Waals surface area contributed by atoms with Crippen LogP contribution in [0.1, 0.15) is 5.56 Å². The monoisotopic (exact) mass is 280 g/mol. The first-order valence-electron chi connectivity index (χ1n) is 5.87. The van der Waals surface area contributed by atoms with Gasteiger partial charge in [-0.15, -0.1) is 0 Å². The fourth-order valence-electron chi connectivity index (χ4n) is 1.27. The van der Waals surface area contributed by atoms with Gasteiger partial charge < -0.3 is 20.5 Å². The first-order valence-corrected chi connectivity index (χ1v) is 5.87. The summed E-state index contributed by atoms with van der Waals surface area (Å²) in [6, 6.07) is 7.17. The molecule has 0 atom stereocenters. The third-order valence-electron chi connectivity index (χ3n) is 2.17. The van der Waals surface area contributed by atoms with Gasteiger partial charge in [-0.1, -0.05) is 12.1 Å². The van der Waals surface area contributed by atoms with Crippen LogP contribution in [0, 0.1) is 6.92 Å². The quantitative estimate of drug-likeness (QED) is 0.656. The number of hydrogen-bond donors (Lipinski definition) is 2. The Balaban J connectivity index is 2.23. The number of esters is 1. The van der Waals surface area contributed by atoms with Crippen LogP contribution in [0.4, 0.5) is 0 Å². The summed E-state index contributed by atoms with van der Waals surface area (Å²) < 4.78 is 9.86. The topological polar surface area (TPSA) is 108 Å². The van der Waals surface area contributed by atoms with Crippen molar-refractivity contribution in [3.8, 4) is 5.75 Å². The van der Waals surface area contributed by atoms with Crippen molar-refractivity contribution in [1.82, 2.24) is 5.32 Å². The molecule has 7 heteroatoms. The predicted molar refractivity (Wildman–Crippen MR) is 69.8 cm³/mol. The number of rotatable bonds is 7. The van der Waals surface area contributed by atoms with Crippen LogP contribution in [-0.2, 0) is 19.1 Å². The number of carbonyl (C=O) groups is 3. The van der Waals surface area contributed by atoms with Crippen LogP contribution >= 0.6 is 0 Å². The van der Waals surface area contributed by atoms with Gasteiger partial charge in [0.05, 0.1) is 6.54 Å². The zero-order chi connectivity index (χ0) is 15.0. The second-order valence-corrected chi connectivity index (χ2v) is 4.01. The molecule has 0 heterocycles. The molecule has 0 aliphatic rings. The number of amides is 2. The van der Waals surface area contributed by atoms with E-state index in [0.29, 0.717) is 5.75 Å². The maximum Gasteiger partial charge on any atom is 0.344 e. The van der Waals surface area contributed by atoms with Gasteiger partial charge in [0.2, 0.25) is 5.91 Å². The summed E-state index contributed by atoms with van der Waals surface area (Å²) in [6.45, 7) is 0.820. The smallest absolute Gasteiger partial charge is 0.344 e. The fourth-order valence-corrected chi connectivity index (χ4v) is 1.27. The second kappa shape index (κ2) is 7.78. The van der Waals surface area contributed by atoms with Gasteiger partial charge in [-0.3, -0.25) is 9.59 Å². The minimum atomic E-state index is -0.680. The minimum Gasteiger partial charge on any atom is -0.482 e. The normalized spacial score (nSPS) is 9.65. The number of nitrogens with two attached hydrogens (primary N) is 1. The van der Waals surface area contributed by atoms with Crippen LogP contribution in [0.3, 0.4) is 0 Å². The number of nitrogens with one attached hydrogen (secondary N) is 1. The Hall–Kier alpha value is -2.57. The van der Waals surface area contributed by atoms with E-state index in [0.717, 1.165) is 5.56 Å². The molecule has 0 aromatic heterocycles. The molecule has 2 amide bonds. The number of aryl methyl sites for hydroxylation is 1. The van der Waals surface area contributed by atoms with Crippen LogP contribution < -0.4 is 15.8 Å². The molecule has 0 bridgehead atoms. The summed E-state index contributed by atoms with van der Waals surface area (Å²) in [4.78, 5) is 32.9. The Bertz CT molecular complexity index is 501. The molecule has 1 rings (SSSR count). The Labute approximate surface area is 116 Å². The highest BCUT2D eigenvalue weighted by Crippen LogP contribution is 2.11. The van der Waals surface area contributed by atoms with E-state index < -0.39 is 24.4 Å². The molecule has 1 aromatic carbocycles. The summed E-state index contributed by atoms with van der Waals surface area (Å²) in [5.74, 6) is -1.42. The van der Waals surface area contributed by atoms with Crippen molar-refractivity contribution >= 4 is 17.8 Å². The van der Waals surface area contributed by atoms with E-state index in [1.165, 1.54) is 0 Å². The number of primary amides is 1. The summed E-state index contributed by atoms with van der Waals surface area (Å²) >= 11 is 0. The SMILES string of the molecule is Cc1cccc(OCC(=O)OCC(=O)NCC(N)=O)c1. The molecular weight excluding hydrogens is 264 g/mol. The van der Waals surface area contributed by atoms with Crippen LogP contribution in [0.25, 0.3) is 0 Å². The van der Waals surface area contributed by atoms with E-state index in [9.17, 15) is 14.4 Å². The molecule has 3 N–H and O–H groups in total. The third-order valence-corrected chi connectivity index (χ3v) is 2.17. The molecule has 0 saturated heterocycles. The van der Waals surface area contributed by atoms with Gasteiger partial charge >= 0.3 is 5.97 Å². The van der Waals surface area contributed by atoms with Crippen LogP contribution in [0.15, 0.2) is 24.3 Å². The van der Waals surface area contributed by atoms with Gasteiger partial charge in [-0.25, -0.2) is 4.79 Å². The molecule has 108 valence electrons. The molecule has 20 heavy (non-hydrogen) atoms. The van der Waals surface area contributed by atoms with Crippen LogP contribution in [-0.4, -0.2) is 37.5 Å². The van der Waals surface area contributed by atoms with Crippen LogP contribution in [0.5, 0.6) is 5.75 Å². The summed E-state index contributed by atoms with van der Waals surface area (Å²) in [6.07, 6.45) is 0. The van der Waals surface area contributed by atoms with E-state index in [1.54, 1.807) is 18.2 Å². The zero-order valence-corrected chi connectivity index (χ0v) is 11.0. The van der Waals surface area contributed by atoms with Crippen molar-refractivity contribution in [2.75, 3.05) is 19.8 Å². The average molecular weight is 280 g/mol. The van der Waals surface area contributed by atoms with Gasteiger partial charge in [0, 0.05) is 0 Å². The average Bonchev–Trinajstić information content (AvgIpc) is 2.40. The Morgan fingerprint density at radius 3 is 2.65 bits per heavy atom. The molecule has 0 aliphatic heterocycles. The first kappa shape index (κ1) is 15.5. The largest absolute Gasteiger partial charge is 0.482 e. The van der Waals surface area contributed by atoms with Gasteiger partial charge in [-0.05, 0) is 24.6 Å². The number of ether oxygens (including phenoxy) is 2. The molecule has 0 fully saturated rings. The first-order chi connectivity index (χ1) is 9.47. The highest BCUT2D eigenvalue weighted by atomic mass is 16.6. The molecule has 0 spiro atoms. The maximum absolute atomic E-state index is 11.3. The van der Waals surface area contributed by atoms with Gasteiger partial charge in [0.15, 0.2) is 13.2 Å². The van der Waals surface area contributed by atoms with E-state index >= 15 is 0 Å². The lowest BCUT2D eigenvalue weighted by Gasteiger charge is -2.07. The van der Waals surface area contributed by atoms with Crippen molar-refractivity contribution < 1.29 is 23.9 Å². The fraction of sp³-hybridized carbons (Fsp3) is 0.308. The molecule has 7 nitrogen and oxygen atoms in total. The predicted octanol–water partition coefficient (Wildman–Crippen LogP) is -0.481. The Morgan fingerprint density at radius 1 is 1.25 bits per heavy atom. The Kier molecular flexibility index (Phi) is 6.02.